The average molecular weight is 358 g/mol. The smallest absolute Gasteiger partial charge is 0.323 e. The number of imidazole rings is 1. The van der Waals surface area contributed by atoms with Gasteiger partial charge < -0.3 is 19.8 Å². The number of H-pyrrole nitrogens is 2. The van der Waals surface area contributed by atoms with Gasteiger partial charge >= 0.3 is 5.69 Å². The van der Waals surface area contributed by atoms with Crippen molar-refractivity contribution in [1.82, 2.24) is 19.8 Å². The van der Waals surface area contributed by atoms with Crippen LogP contribution in [0.3, 0.4) is 0 Å². The van der Waals surface area contributed by atoms with Crippen LogP contribution in [0.15, 0.2) is 23.0 Å². The van der Waals surface area contributed by atoms with Crippen molar-refractivity contribution in [1.29, 1.82) is 0 Å². The summed E-state index contributed by atoms with van der Waals surface area (Å²) in [5.41, 5.74) is 2.03. The predicted octanol–water partition coefficient (Wildman–Crippen LogP) is 1.51. The molecule has 1 aromatic carbocycles. The Morgan fingerprint density at radius 3 is 2.15 bits per heavy atom. The van der Waals surface area contributed by atoms with Gasteiger partial charge in [-0.1, -0.05) is 26.8 Å². The third-order valence-electron chi connectivity index (χ3n) is 4.60. The molecule has 0 aliphatic carbocycles. The van der Waals surface area contributed by atoms with Crippen molar-refractivity contribution in [2.24, 2.45) is 5.41 Å². The number of hydrogen-bond donors (Lipinski definition) is 2. The molecule has 26 heavy (non-hydrogen) atoms. The highest BCUT2D eigenvalue weighted by Crippen LogP contribution is 2.20. The van der Waals surface area contributed by atoms with Gasteiger partial charge in [0.15, 0.2) is 0 Å². The Balaban J connectivity index is 1.56. The normalized spacial score (nSPS) is 15.5. The van der Waals surface area contributed by atoms with Crippen LogP contribution < -0.4 is 5.69 Å². The second-order valence-electron chi connectivity index (χ2n) is 8.13. The van der Waals surface area contributed by atoms with Gasteiger partial charge in [0.25, 0.3) is 0 Å². The van der Waals surface area contributed by atoms with E-state index in [1.54, 1.807) is 6.07 Å². The molecule has 2 amide bonds. The van der Waals surface area contributed by atoms with Gasteiger partial charge in [0.2, 0.25) is 11.8 Å². The highest BCUT2D eigenvalue weighted by molar-refractivity contribution is 5.82. The van der Waals surface area contributed by atoms with Crippen molar-refractivity contribution in [3.8, 4) is 0 Å². The fraction of sp³-hybridized carbons (Fsp3) is 0.526. The summed E-state index contributed by atoms with van der Waals surface area (Å²) in [6.07, 6.45) is 0.814. The molecule has 1 saturated heterocycles. The van der Waals surface area contributed by atoms with Crippen LogP contribution in [-0.2, 0) is 16.0 Å². The SMILES string of the molecule is CC(C)(C)CC(=O)N1CCN(C(=O)Cc2ccc3[nH]c(=O)[nH]c3c2)CC1. The Kier molecular flexibility index (Phi) is 4.89. The quantitative estimate of drug-likeness (QED) is 0.871. The van der Waals surface area contributed by atoms with Crippen molar-refractivity contribution in [3.05, 3.63) is 34.2 Å². The highest BCUT2D eigenvalue weighted by Gasteiger charge is 2.26. The molecule has 140 valence electrons. The number of nitrogens with one attached hydrogen (secondary N) is 2. The Morgan fingerprint density at radius 2 is 1.54 bits per heavy atom. The van der Waals surface area contributed by atoms with Crippen LogP contribution >= 0.6 is 0 Å². The summed E-state index contributed by atoms with van der Waals surface area (Å²) in [4.78, 5) is 45.2. The van der Waals surface area contributed by atoms with Gasteiger partial charge in [0.05, 0.1) is 17.5 Å². The van der Waals surface area contributed by atoms with Gasteiger partial charge in [-0.05, 0) is 23.1 Å². The molecule has 0 bridgehead atoms. The number of hydrogen-bond acceptors (Lipinski definition) is 3. The summed E-state index contributed by atoms with van der Waals surface area (Å²) < 4.78 is 0. The molecular formula is C19H26N4O3. The monoisotopic (exact) mass is 358 g/mol. The Labute approximate surface area is 152 Å². The van der Waals surface area contributed by atoms with Crippen LogP contribution in [0.4, 0.5) is 0 Å². The van der Waals surface area contributed by atoms with E-state index in [0.29, 0.717) is 44.5 Å². The minimum Gasteiger partial charge on any atom is -0.339 e. The van der Waals surface area contributed by atoms with E-state index in [2.05, 4.69) is 30.7 Å². The largest absolute Gasteiger partial charge is 0.339 e. The molecule has 0 radical (unpaired) electrons. The minimum absolute atomic E-state index is 0.0259. The van der Waals surface area contributed by atoms with E-state index in [1.165, 1.54) is 0 Å². The van der Waals surface area contributed by atoms with Gasteiger partial charge in [-0.2, -0.15) is 0 Å². The van der Waals surface area contributed by atoms with E-state index in [-0.39, 0.29) is 22.9 Å². The third-order valence-corrected chi connectivity index (χ3v) is 4.60. The first-order valence-electron chi connectivity index (χ1n) is 8.98. The fourth-order valence-electron chi connectivity index (χ4n) is 3.25. The van der Waals surface area contributed by atoms with Crippen LogP contribution in [0.5, 0.6) is 0 Å². The van der Waals surface area contributed by atoms with Gasteiger partial charge in [-0.15, -0.1) is 0 Å². The molecule has 1 fully saturated rings. The summed E-state index contributed by atoms with van der Waals surface area (Å²) >= 11 is 0. The zero-order chi connectivity index (χ0) is 18.9. The number of aromatic nitrogens is 2. The topological polar surface area (TPSA) is 89.3 Å². The molecular weight excluding hydrogens is 332 g/mol. The van der Waals surface area contributed by atoms with E-state index in [4.69, 9.17) is 0 Å². The zero-order valence-corrected chi connectivity index (χ0v) is 15.6. The van der Waals surface area contributed by atoms with Crippen molar-refractivity contribution < 1.29 is 9.59 Å². The second kappa shape index (κ2) is 6.97. The maximum Gasteiger partial charge on any atom is 0.323 e. The van der Waals surface area contributed by atoms with E-state index < -0.39 is 0 Å². The molecule has 1 aromatic heterocycles. The maximum absolute atomic E-state index is 12.6. The van der Waals surface area contributed by atoms with Crippen LogP contribution in [0.2, 0.25) is 0 Å². The van der Waals surface area contributed by atoms with Crippen LogP contribution in [0.1, 0.15) is 32.8 Å². The number of aromatic amines is 2. The molecule has 2 heterocycles. The zero-order valence-electron chi connectivity index (χ0n) is 15.6. The van der Waals surface area contributed by atoms with Gasteiger partial charge in [0.1, 0.15) is 0 Å². The lowest BCUT2D eigenvalue weighted by Crippen LogP contribution is -2.51. The van der Waals surface area contributed by atoms with E-state index >= 15 is 0 Å². The number of amides is 2. The number of carbonyl (C=O) groups excluding carboxylic acids is 2. The van der Waals surface area contributed by atoms with E-state index in [9.17, 15) is 14.4 Å². The summed E-state index contributed by atoms with van der Waals surface area (Å²) in [5.74, 6) is 0.205. The fourth-order valence-corrected chi connectivity index (χ4v) is 3.25. The number of piperazine rings is 1. The van der Waals surface area contributed by atoms with Crippen molar-refractivity contribution in [2.45, 2.75) is 33.6 Å². The lowest BCUT2D eigenvalue weighted by atomic mass is 9.91. The van der Waals surface area contributed by atoms with Gasteiger partial charge in [0, 0.05) is 32.6 Å². The van der Waals surface area contributed by atoms with E-state index in [0.717, 1.165) is 11.1 Å². The Morgan fingerprint density at radius 1 is 0.962 bits per heavy atom. The molecule has 0 spiro atoms. The lowest BCUT2D eigenvalue weighted by Gasteiger charge is -2.36. The molecule has 0 saturated carbocycles. The predicted molar refractivity (Wildman–Crippen MR) is 99.9 cm³/mol. The first kappa shape index (κ1) is 18.2. The molecule has 2 aromatic rings. The lowest BCUT2D eigenvalue weighted by molar-refractivity contribution is -0.140. The molecule has 3 rings (SSSR count). The van der Waals surface area contributed by atoms with Crippen molar-refractivity contribution in [2.75, 3.05) is 26.2 Å². The third kappa shape index (κ3) is 4.33. The summed E-state index contributed by atoms with van der Waals surface area (Å²) in [5, 5.41) is 0. The Bertz CT molecular complexity index is 867. The Hall–Kier alpha value is -2.57. The number of benzene rings is 1. The maximum atomic E-state index is 12.6. The molecule has 1 aliphatic rings. The molecule has 1 aliphatic heterocycles. The van der Waals surface area contributed by atoms with Crippen LogP contribution in [-0.4, -0.2) is 57.8 Å². The van der Waals surface area contributed by atoms with E-state index in [1.807, 2.05) is 21.9 Å². The van der Waals surface area contributed by atoms with Crippen molar-refractivity contribution >= 4 is 22.8 Å². The molecule has 0 unspecified atom stereocenters. The number of fused-ring (bicyclic) bond motifs is 1. The standard InChI is InChI=1S/C19H26N4O3/c1-19(2,3)12-17(25)23-8-6-22(7-9-23)16(24)11-13-4-5-14-15(10-13)21-18(26)20-14/h4-5,10H,6-9,11-12H2,1-3H3,(H2,20,21,26). The van der Waals surface area contributed by atoms with Crippen molar-refractivity contribution in [3.63, 3.8) is 0 Å². The molecule has 7 nitrogen and oxygen atoms in total. The van der Waals surface area contributed by atoms with Gasteiger partial charge in [-0.25, -0.2) is 4.79 Å². The van der Waals surface area contributed by atoms with Gasteiger partial charge in [-0.3, -0.25) is 9.59 Å². The first-order valence-corrected chi connectivity index (χ1v) is 8.98. The number of carbonyl (C=O) groups is 2. The molecule has 7 heteroatoms. The highest BCUT2D eigenvalue weighted by atomic mass is 16.2. The molecule has 2 N–H and O–H groups in total. The summed E-state index contributed by atoms with van der Waals surface area (Å²) in [6.45, 7) is 8.48. The average Bonchev–Trinajstić information content (AvgIpc) is 2.92. The summed E-state index contributed by atoms with van der Waals surface area (Å²) in [7, 11) is 0. The first-order chi connectivity index (χ1) is 12.2. The molecule has 0 atom stereocenters. The number of nitrogens with zero attached hydrogens (tertiary/aromatic N) is 2. The minimum atomic E-state index is -0.250. The van der Waals surface area contributed by atoms with Crippen LogP contribution in [0, 0.1) is 5.41 Å². The number of rotatable bonds is 3. The van der Waals surface area contributed by atoms with Crippen LogP contribution in [0.25, 0.3) is 11.0 Å². The second-order valence-corrected chi connectivity index (χ2v) is 8.13. The summed E-state index contributed by atoms with van der Waals surface area (Å²) in [6, 6.07) is 5.49.